The van der Waals surface area contributed by atoms with Crippen LogP contribution in [0.25, 0.3) is 34.3 Å². The number of benzene rings is 2. The third-order valence-corrected chi connectivity index (χ3v) is 4.81. The maximum absolute atomic E-state index is 12.2. The van der Waals surface area contributed by atoms with Gasteiger partial charge in [-0.15, -0.1) is 10.2 Å². The molecule has 2 aromatic heterocycles. The molecule has 152 valence electrons. The second kappa shape index (κ2) is 8.04. The topological polar surface area (TPSA) is 85.0 Å². The zero-order valence-electron chi connectivity index (χ0n) is 16.6. The first kappa shape index (κ1) is 19.7. The van der Waals surface area contributed by atoms with Crippen molar-refractivity contribution in [2.45, 2.75) is 6.92 Å². The first-order valence-electron chi connectivity index (χ1n) is 9.18. The van der Waals surface area contributed by atoms with Crippen molar-refractivity contribution in [3.05, 3.63) is 71.0 Å². The summed E-state index contributed by atoms with van der Waals surface area (Å²) in [5.41, 5.74) is 3.65. The zero-order chi connectivity index (χ0) is 21.3. The quantitative estimate of drug-likeness (QED) is 0.471. The van der Waals surface area contributed by atoms with Crippen LogP contribution in [0.15, 0.2) is 59.1 Å². The van der Waals surface area contributed by atoms with Gasteiger partial charge in [0, 0.05) is 32.2 Å². The number of amides is 1. The van der Waals surface area contributed by atoms with Crippen LogP contribution < -0.4 is 0 Å². The van der Waals surface area contributed by atoms with E-state index >= 15 is 0 Å². The van der Waals surface area contributed by atoms with E-state index in [-0.39, 0.29) is 13.2 Å². The van der Waals surface area contributed by atoms with Crippen molar-refractivity contribution >= 4 is 17.5 Å². The van der Waals surface area contributed by atoms with Crippen LogP contribution in [-0.2, 0) is 0 Å². The van der Waals surface area contributed by atoms with Gasteiger partial charge in [-0.05, 0) is 31.2 Å². The monoisotopic (exact) mass is 421 g/mol. The summed E-state index contributed by atoms with van der Waals surface area (Å²) < 4.78 is 5.83. The summed E-state index contributed by atoms with van der Waals surface area (Å²) in [4.78, 5) is 22.7. The van der Waals surface area contributed by atoms with E-state index in [1.165, 1.54) is 4.90 Å². The molecule has 0 spiro atoms. The zero-order valence-corrected chi connectivity index (χ0v) is 17.4. The number of carbonyl (C=O) groups excluding carboxylic acids is 1. The Hall–Kier alpha value is -3.58. The van der Waals surface area contributed by atoms with E-state index in [1.807, 2.05) is 37.3 Å². The van der Waals surface area contributed by atoms with E-state index in [0.717, 1.165) is 5.56 Å². The predicted octanol–water partition coefficient (Wildman–Crippen LogP) is 4.77. The normalized spacial score (nSPS) is 10.8. The summed E-state index contributed by atoms with van der Waals surface area (Å²) in [6.45, 7) is 1.82. The number of aryl methyl sites for hydroxylation is 1. The lowest BCUT2D eigenvalue weighted by Crippen LogP contribution is -2.21. The van der Waals surface area contributed by atoms with Crippen molar-refractivity contribution in [1.82, 2.24) is 25.1 Å². The molecule has 1 amide bonds. The Bertz CT molecular complexity index is 1230. The molecule has 0 atom stereocenters. The molecular weight excluding hydrogens is 402 g/mol. The number of halogens is 1. The molecular formula is C22H20ClN5O2. The van der Waals surface area contributed by atoms with Gasteiger partial charge in [-0.25, -0.2) is 4.98 Å². The van der Waals surface area contributed by atoms with Gasteiger partial charge in [0.15, 0.2) is 0 Å². The molecule has 0 radical (unpaired) electrons. The molecule has 0 aliphatic heterocycles. The lowest BCUT2D eigenvalue weighted by molar-refractivity contribution is 0.0827. The molecule has 30 heavy (non-hydrogen) atoms. The van der Waals surface area contributed by atoms with Gasteiger partial charge in [0.25, 0.3) is 11.8 Å². The fourth-order valence-corrected chi connectivity index (χ4v) is 3.19. The van der Waals surface area contributed by atoms with E-state index in [0.29, 0.717) is 39.1 Å². The van der Waals surface area contributed by atoms with Gasteiger partial charge in [0.2, 0.25) is 5.89 Å². The van der Waals surface area contributed by atoms with Crippen molar-refractivity contribution in [1.29, 1.82) is 0 Å². The molecule has 8 heteroatoms. The van der Waals surface area contributed by atoms with Crippen LogP contribution >= 0.6 is 11.6 Å². The number of hydrogen-bond donors (Lipinski definition) is 0. The van der Waals surface area contributed by atoms with Crippen molar-refractivity contribution < 1.29 is 10.6 Å². The Morgan fingerprint density at radius 3 is 2.50 bits per heavy atom. The third-order valence-electron chi connectivity index (χ3n) is 4.50. The first-order chi connectivity index (χ1) is 14.4. The van der Waals surface area contributed by atoms with Crippen LogP contribution in [-0.4, -0.2) is 45.1 Å². The van der Waals surface area contributed by atoms with Gasteiger partial charge in [-0.3, -0.25) is 9.78 Å². The number of rotatable bonds is 4. The van der Waals surface area contributed by atoms with Gasteiger partial charge in [-0.1, -0.05) is 35.9 Å². The minimum atomic E-state index is -0.126. The highest BCUT2D eigenvalue weighted by molar-refractivity contribution is 6.33. The van der Waals surface area contributed by atoms with Gasteiger partial charge < -0.3 is 9.32 Å². The van der Waals surface area contributed by atoms with Crippen LogP contribution in [0.3, 0.4) is 0 Å². The van der Waals surface area contributed by atoms with Crippen LogP contribution in [0, 0.1) is 6.92 Å². The molecule has 2 aromatic carbocycles. The van der Waals surface area contributed by atoms with E-state index < -0.39 is 0 Å². The first-order valence-corrected chi connectivity index (χ1v) is 9.56. The van der Waals surface area contributed by atoms with Gasteiger partial charge in [0.05, 0.1) is 22.6 Å². The fourth-order valence-electron chi connectivity index (χ4n) is 2.91. The Kier molecular flexibility index (Phi) is 5.29. The number of nitrogens with zero attached hydrogens (tertiary/aromatic N) is 5. The molecule has 0 N–H and O–H groups in total. The molecule has 0 aliphatic carbocycles. The molecule has 2 heterocycles. The molecule has 0 unspecified atom stereocenters. The maximum Gasteiger partial charge on any atom is 0.268 e. The van der Waals surface area contributed by atoms with Crippen molar-refractivity contribution in [2.24, 2.45) is 0 Å². The largest absolute Gasteiger partial charge is 0.415 e. The lowest BCUT2D eigenvalue weighted by atomic mass is 10.1. The Morgan fingerprint density at radius 1 is 1.07 bits per heavy atom. The van der Waals surface area contributed by atoms with Gasteiger partial charge >= 0.3 is 0 Å². The molecule has 0 fully saturated rings. The molecule has 0 bridgehead atoms. The summed E-state index contributed by atoms with van der Waals surface area (Å²) in [5, 5.41) is 8.66. The van der Waals surface area contributed by atoms with Crippen molar-refractivity contribution in [3.63, 3.8) is 0 Å². The summed E-state index contributed by atoms with van der Waals surface area (Å²) in [6, 6.07) is 14.6. The highest BCUT2D eigenvalue weighted by Crippen LogP contribution is 2.30. The average molecular weight is 422 g/mol. The minimum Gasteiger partial charge on any atom is -0.415 e. The van der Waals surface area contributed by atoms with Crippen LogP contribution in [0.2, 0.25) is 5.02 Å². The molecule has 4 aromatic rings. The average Bonchev–Trinajstić information content (AvgIpc) is 3.24. The standard InChI is InChI=1S/C22H18ClN5O2.H2/c1-13-19(21-27-26-20(30-21)14-7-5-4-6-8-14)25-18(12-24-13)16-10-9-15(11-17(16)23)22(29)28(2)3;/h4-12H,1-3H3;1H. The Balaban J connectivity index is 0.00000272. The van der Waals surface area contributed by atoms with Crippen LogP contribution in [0.1, 0.15) is 17.5 Å². The van der Waals surface area contributed by atoms with E-state index in [1.54, 1.807) is 38.5 Å². The summed E-state index contributed by atoms with van der Waals surface area (Å²) >= 11 is 6.45. The SMILES string of the molecule is Cc1ncc(-c2ccc(C(=O)N(C)C)cc2Cl)nc1-c1nnc(-c2ccccc2)o1.[HH]. The summed E-state index contributed by atoms with van der Waals surface area (Å²) in [7, 11) is 3.38. The number of aromatic nitrogens is 4. The van der Waals surface area contributed by atoms with Crippen molar-refractivity contribution in [3.8, 4) is 34.3 Å². The van der Waals surface area contributed by atoms with E-state index in [4.69, 9.17) is 16.0 Å². The van der Waals surface area contributed by atoms with Crippen molar-refractivity contribution in [2.75, 3.05) is 14.1 Å². The van der Waals surface area contributed by atoms with Crippen LogP contribution in [0.4, 0.5) is 0 Å². The minimum absolute atomic E-state index is 0. The van der Waals surface area contributed by atoms with E-state index in [9.17, 15) is 4.79 Å². The summed E-state index contributed by atoms with van der Waals surface area (Å²) in [5.74, 6) is 0.552. The number of carbonyl (C=O) groups is 1. The fraction of sp³-hybridized carbons (Fsp3) is 0.136. The molecule has 4 rings (SSSR count). The molecule has 0 saturated carbocycles. The molecule has 7 nitrogen and oxygen atoms in total. The van der Waals surface area contributed by atoms with E-state index in [2.05, 4.69) is 20.2 Å². The Morgan fingerprint density at radius 2 is 1.80 bits per heavy atom. The second-order valence-corrected chi connectivity index (χ2v) is 7.27. The van der Waals surface area contributed by atoms with Gasteiger partial charge in [0.1, 0.15) is 5.69 Å². The molecule has 0 aliphatic rings. The second-order valence-electron chi connectivity index (χ2n) is 6.86. The lowest BCUT2D eigenvalue weighted by Gasteiger charge is -2.12. The smallest absolute Gasteiger partial charge is 0.268 e. The van der Waals surface area contributed by atoms with Crippen LogP contribution in [0.5, 0.6) is 0 Å². The summed E-state index contributed by atoms with van der Waals surface area (Å²) in [6.07, 6.45) is 1.63. The number of hydrogen-bond acceptors (Lipinski definition) is 6. The predicted molar refractivity (Wildman–Crippen MR) is 116 cm³/mol. The molecule has 0 saturated heterocycles. The Labute approximate surface area is 179 Å². The van der Waals surface area contributed by atoms with Gasteiger partial charge in [-0.2, -0.15) is 0 Å². The third kappa shape index (κ3) is 3.79. The maximum atomic E-state index is 12.2. The highest BCUT2D eigenvalue weighted by Gasteiger charge is 2.18. The highest BCUT2D eigenvalue weighted by atomic mass is 35.5.